The Bertz CT molecular complexity index is 1000. The minimum atomic E-state index is -3.64. The van der Waals surface area contributed by atoms with Crippen molar-refractivity contribution in [2.45, 2.75) is 35.3 Å². The number of aryl methyl sites for hydroxylation is 1. The van der Waals surface area contributed by atoms with Gasteiger partial charge in [0.05, 0.1) is 21.6 Å². The van der Waals surface area contributed by atoms with Crippen molar-refractivity contribution in [3.63, 3.8) is 0 Å². The largest absolute Gasteiger partial charge is 0.326 e. The van der Waals surface area contributed by atoms with Crippen LogP contribution in [0.3, 0.4) is 0 Å². The van der Waals surface area contributed by atoms with Crippen LogP contribution in [0.4, 0.5) is 11.4 Å². The summed E-state index contributed by atoms with van der Waals surface area (Å²) in [5.74, 6) is -0.816. The Morgan fingerprint density at radius 1 is 1.22 bits per heavy atom. The van der Waals surface area contributed by atoms with Crippen molar-refractivity contribution in [3.05, 3.63) is 48.0 Å². The van der Waals surface area contributed by atoms with Crippen LogP contribution in [0, 0.1) is 6.92 Å². The minimum absolute atomic E-state index is 0.0976. The number of anilines is 2. The number of hydrogen-bond acceptors (Lipinski definition) is 5. The minimum Gasteiger partial charge on any atom is -0.326 e. The van der Waals surface area contributed by atoms with E-state index in [4.69, 9.17) is 0 Å². The molecule has 0 aromatic heterocycles. The van der Waals surface area contributed by atoms with E-state index in [1.165, 1.54) is 23.9 Å². The Morgan fingerprint density at radius 2 is 1.96 bits per heavy atom. The molecule has 8 heteroatoms. The van der Waals surface area contributed by atoms with Gasteiger partial charge >= 0.3 is 0 Å². The monoisotopic (exact) mass is 404 g/mol. The molecule has 142 valence electrons. The van der Waals surface area contributed by atoms with E-state index < -0.39 is 9.84 Å². The SMILES string of the molecule is Cc1ccccc1NC(=O)CCS(=O)(=O)c1ccc2c(c1)NC(=O)[C@H](C)S2. The second-order valence-corrected chi connectivity index (χ2v) is 9.83. The number of sulfone groups is 1. The number of fused-ring (bicyclic) bond motifs is 1. The van der Waals surface area contributed by atoms with E-state index in [2.05, 4.69) is 10.6 Å². The van der Waals surface area contributed by atoms with Crippen LogP contribution in [-0.2, 0) is 19.4 Å². The van der Waals surface area contributed by atoms with E-state index in [0.717, 1.165) is 10.5 Å². The lowest BCUT2D eigenvalue weighted by molar-refractivity contribution is -0.116. The van der Waals surface area contributed by atoms with Crippen LogP contribution >= 0.6 is 11.8 Å². The number of carbonyl (C=O) groups excluding carboxylic acids is 2. The molecule has 2 N–H and O–H groups in total. The van der Waals surface area contributed by atoms with Gasteiger partial charge in [-0.05, 0) is 43.7 Å². The molecule has 2 aromatic rings. The van der Waals surface area contributed by atoms with Crippen LogP contribution in [-0.4, -0.2) is 31.2 Å². The van der Waals surface area contributed by atoms with Gasteiger partial charge in [0.15, 0.2) is 9.84 Å². The van der Waals surface area contributed by atoms with Crippen molar-refractivity contribution in [2.24, 2.45) is 0 Å². The summed E-state index contributed by atoms with van der Waals surface area (Å²) in [6.07, 6.45) is -0.147. The van der Waals surface area contributed by atoms with Crippen molar-refractivity contribution in [3.8, 4) is 0 Å². The van der Waals surface area contributed by atoms with Crippen LogP contribution in [0.25, 0.3) is 0 Å². The molecule has 1 aliphatic heterocycles. The highest BCUT2D eigenvalue weighted by Gasteiger charge is 2.25. The van der Waals surface area contributed by atoms with Gasteiger partial charge in [0.1, 0.15) is 0 Å². The van der Waals surface area contributed by atoms with E-state index in [9.17, 15) is 18.0 Å². The molecule has 0 unspecified atom stereocenters. The van der Waals surface area contributed by atoms with Gasteiger partial charge in [-0.3, -0.25) is 9.59 Å². The molecular weight excluding hydrogens is 384 g/mol. The van der Waals surface area contributed by atoms with E-state index >= 15 is 0 Å². The zero-order valence-corrected chi connectivity index (χ0v) is 16.6. The third kappa shape index (κ3) is 4.51. The van der Waals surface area contributed by atoms with Crippen molar-refractivity contribution in [2.75, 3.05) is 16.4 Å². The highest BCUT2D eigenvalue weighted by atomic mass is 32.2. The summed E-state index contributed by atoms with van der Waals surface area (Å²) in [5, 5.41) is 5.24. The van der Waals surface area contributed by atoms with Crippen molar-refractivity contribution in [1.82, 2.24) is 0 Å². The summed E-state index contributed by atoms with van der Waals surface area (Å²) in [7, 11) is -3.64. The highest BCUT2D eigenvalue weighted by molar-refractivity contribution is 8.01. The number of rotatable bonds is 5. The summed E-state index contributed by atoms with van der Waals surface area (Å²) in [6.45, 7) is 3.66. The van der Waals surface area contributed by atoms with E-state index in [1.54, 1.807) is 25.1 Å². The van der Waals surface area contributed by atoms with E-state index in [1.807, 2.05) is 19.1 Å². The molecule has 3 rings (SSSR count). The smallest absolute Gasteiger partial charge is 0.237 e. The third-order valence-electron chi connectivity index (χ3n) is 4.26. The molecule has 0 bridgehead atoms. The van der Waals surface area contributed by atoms with Gasteiger partial charge in [0.2, 0.25) is 11.8 Å². The second kappa shape index (κ2) is 7.74. The molecule has 1 atom stereocenters. The Labute approximate surface area is 162 Å². The normalized spacial score (nSPS) is 16.4. The Hall–Kier alpha value is -2.32. The Kier molecular flexibility index (Phi) is 5.57. The van der Waals surface area contributed by atoms with Gasteiger partial charge in [-0.2, -0.15) is 0 Å². The lowest BCUT2D eigenvalue weighted by Crippen LogP contribution is -2.26. The summed E-state index contributed by atoms with van der Waals surface area (Å²) in [6, 6.07) is 12.0. The van der Waals surface area contributed by atoms with Gasteiger partial charge in [-0.25, -0.2) is 8.42 Å². The summed E-state index contributed by atoms with van der Waals surface area (Å²) < 4.78 is 25.2. The van der Waals surface area contributed by atoms with Gasteiger partial charge in [-0.15, -0.1) is 11.8 Å². The van der Waals surface area contributed by atoms with Crippen molar-refractivity contribution < 1.29 is 18.0 Å². The third-order valence-corrected chi connectivity index (χ3v) is 7.15. The molecule has 0 saturated carbocycles. The maximum absolute atomic E-state index is 12.6. The number of nitrogens with one attached hydrogen (secondary N) is 2. The van der Waals surface area contributed by atoms with Crippen LogP contribution in [0.15, 0.2) is 52.3 Å². The average molecular weight is 405 g/mol. The molecule has 2 amide bonds. The van der Waals surface area contributed by atoms with Crippen LogP contribution in [0.5, 0.6) is 0 Å². The van der Waals surface area contributed by atoms with Crippen LogP contribution in [0.1, 0.15) is 18.9 Å². The zero-order valence-electron chi connectivity index (χ0n) is 15.0. The number of benzene rings is 2. The van der Waals surface area contributed by atoms with E-state index in [0.29, 0.717) is 11.4 Å². The number of hydrogen-bond donors (Lipinski definition) is 2. The molecule has 0 spiro atoms. The van der Waals surface area contributed by atoms with Gasteiger partial charge < -0.3 is 10.6 Å². The number of carbonyl (C=O) groups is 2. The quantitative estimate of drug-likeness (QED) is 0.798. The molecule has 27 heavy (non-hydrogen) atoms. The molecule has 6 nitrogen and oxygen atoms in total. The van der Waals surface area contributed by atoms with Crippen LogP contribution < -0.4 is 10.6 Å². The zero-order chi connectivity index (χ0) is 19.6. The van der Waals surface area contributed by atoms with Gasteiger partial charge in [0.25, 0.3) is 0 Å². The predicted octanol–water partition coefficient (Wildman–Crippen LogP) is 3.23. The Morgan fingerprint density at radius 3 is 2.70 bits per heavy atom. The fraction of sp³-hybridized carbons (Fsp3) is 0.263. The maximum atomic E-state index is 12.6. The molecule has 2 aromatic carbocycles. The fourth-order valence-electron chi connectivity index (χ4n) is 2.65. The first-order chi connectivity index (χ1) is 12.8. The maximum Gasteiger partial charge on any atom is 0.237 e. The molecule has 0 fully saturated rings. The fourth-order valence-corrected chi connectivity index (χ4v) is 4.85. The van der Waals surface area contributed by atoms with E-state index in [-0.39, 0.29) is 34.1 Å². The second-order valence-electron chi connectivity index (χ2n) is 6.34. The molecule has 0 saturated heterocycles. The molecule has 1 heterocycles. The summed E-state index contributed by atoms with van der Waals surface area (Å²) in [5.41, 5.74) is 2.07. The van der Waals surface area contributed by atoms with Gasteiger partial charge in [0, 0.05) is 17.0 Å². The standard InChI is InChI=1S/C19H20N2O4S2/c1-12-5-3-4-6-15(12)20-18(22)9-10-27(24,25)14-7-8-17-16(11-14)21-19(23)13(2)26-17/h3-8,11,13H,9-10H2,1-2H3,(H,20,22)(H,21,23)/t13-/m0/s1. The van der Waals surface area contributed by atoms with Crippen molar-refractivity contribution >= 4 is 44.8 Å². The number of para-hydroxylation sites is 1. The first kappa shape index (κ1) is 19.4. The first-order valence-electron chi connectivity index (χ1n) is 8.46. The summed E-state index contributed by atoms with van der Waals surface area (Å²) >= 11 is 1.39. The Balaban J connectivity index is 1.68. The van der Waals surface area contributed by atoms with Crippen LogP contribution in [0.2, 0.25) is 0 Å². The molecule has 1 aliphatic rings. The highest BCUT2D eigenvalue weighted by Crippen LogP contribution is 2.36. The lowest BCUT2D eigenvalue weighted by atomic mass is 10.2. The van der Waals surface area contributed by atoms with Crippen molar-refractivity contribution in [1.29, 1.82) is 0 Å². The molecule has 0 aliphatic carbocycles. The first-order valence-corrected chi connectivity index (χ1v) is 11.0. The number of amides is 2. The number of thioether (sulfide) groups is 1. The average Bonchev–Trinajstić information content (AvgIpc) is 2.62. The predicted molar refractivity (Wildman–Crippen MR) is 107 cm³/mol. The topological polar surface area (TPSA) is 92.3 Å². The molecule has 0 radical (unpaired) electrons. The van der Waals surface area contributed by atoms with Gasteiger partial charge in [-0.1, -0.05) is 18.2 Å². The molecular formula is C19H20N2O4S2. The summed E-state index contributed by atoms with van der Waals surface area (Å²) in [4.78, 5) is 24.8. The lowest BCUT2D eigenvalue weighted by Gasteiger charge is -2.21.